The topological polar surface area (TPSA) is 92.8 Å². The predicted molar refractivity (Wildman–Crippen MR) is 31.4 cm³/mol. The Morgan fingerprint density at radius 1 is 1.70 bits per heavy atom. The molecule has 0 bridgehead atoms. The number of hydrogen-bond donors (Lipinski definition) is 3. The molecule has 1 rings (SSSR count). The van der Waals surface area contributed by atoms with Gasteiger partial charge >= 0.3 is 5.97 Å². The second-order valence-electron chi connectivity index (χ2n) is 2.25. The molecule has 3 unspecified atom stereocenters. The number of carboxylic acids is 1. The smallest absolute Gasteiger partial charge is 0.335 e. The van der Waals surface area contributed by atoms with Gasteiger partial charge in [-0.15, -0.1) is 0 Å². The summed E-state index contributed by atoms with van der Waals surface area (Å²) in [6, 6.07) is -0.568. The third-order valence-corrected chi connectivity index (χ3v) is 1.46. The highest BCUT2D eigenvalue weighted by molar-refractivity contribution is 5.73. The highest BCUT2D eigenvalue weighted by atomic mass is 16.5. The largest absolute Gasteiger partial charge is 0.479 e. The van der Waals surface area contributed by atoms with E-state index in [1.54, 1.807) is 0 Å². The molecule has 10 heavy (non-hydrogen) atoms. The maximum Gasteiger partial charge on any atom is 0.335 e. The van der Waals surface area contributed by atoms with Crippen LogP contribution in [0.1, 0.15) is 0 Å². The van der Waals surface area contributed by atoms with E-state index in [2.05, 4.69) is 4.74 Å². The number of hydrogen-bond acceptors (Lipinski definition) is 4. The van der Waals surface area contributed by atoms with Gasteiger partial charge in [0.05, 0.1) is 12.6 Å². The molecule has 58 valence electrons. The van der Waals surface area contributed by atoms with Crippen LogP contribution in [0.2, 0.25) is 0 Å². The van der Waals surface area contributed by atoms with E-state index < -0.39 is 24.2 Å². The van der Waals surface area contributed by atoms with E-state index in [1.807, 2.05) is 0 Å². The molecule has 1 aliphatic heterocycles. The van der Waals surface area contributed by atoms with Crippen LogP contribution < -0.4 is 5.73 Å². The first-order valence-electron chi connectivity index (χ1n) is 2.91. The normalized spacial score (nSPS) is 40.0. The van der Waals surface area contributed by atoms with Crippen molar-refractivity contribution in [2.24, 2.45) is 5.73 Å². The first-order valence-corrected chi connectivity index (χ1v) is 2.91. The van der Waals surface area contributed by atoms with Crippen molar-refractivity contribution in [3.8, 4) is 0 Å². The van der Waals surface area contributed by atoms with Gasteiger partial charge in [0, 0.05) is 0 Å². The van der Waals surface area contributed by atoms with Crippen LogP contribution in [0.5, 0.6) is 0 Å². The van der Waals surface area contributed by atoms with Gasteiger partial charge in [-0.2, -0.15) is 0 Å². The fraction of sp³-hybridized carbons (Fsp3) is 0.800. The molecular formula is C5H9NO4. The Labute approximate surface area is 57.4 Å². The minimum absolute atomic E-state index is 0.109. The number of aliphatic hydroxyl groups excluding tert-OH is 1. The summed E-state index contributed by atoms with van der Waals surface area (Å²) < 4.78 is 4.66. The average Bonchev–Trinajstić information content (AvgIpc) is 2.14. The van der Waals surface area contributed by atoms with Crippen molar-refractivity contribution in [1.29, 1.82) is 0 Å². The number of nitrogens with two attached hydrogens (primary N) is 1. The Morgan fingerprint density at radius 2 is 2.30 bits per heavy atom. The van der Waals surface area contributed by atoms with Crippen LogP contribution in [0.25, 0.3) is 0 Å². The molecule has 1 saturated heterocycles. The van der Waals surface area contributed by atoms with Crippen LogP contribution in [0.4, 0.5) is 0 Å². The molecule has 4 N–H and O–H groups in total. The highest BCUT2D eigenvalue weighted by Crippen LogP contribution is 2.11. The lowest BCUT2D eigenvalue weighted by atomic mass is 10.1. The van der Waals surface area contributed by atoms with Crippen LogP contribution in [0.15, 0.2) is 0 Å². The van der Waals surface area contributed by atoms with Crippen molar-refractivity contribution in [3.63, 3.8) is 0 Å². The molecule has 5 nitrogen and oxygen atoms in total. The van der Waals surface area contributed by atoms with E-state index in [0.29, 0.717) is 0 Å². The molecule has 3 atom stereocenters. The van der Waals surface area contributed by atoms with Crippen LogP contribution in [-0.4, -0.2) is 41.0 Å². The maximum atomic E-state index is 10.2. The predicted octanol–water partition coefficient (Wildman–Crippen LogP) is -1.84. The van der Waals surface area contributed by atoms with Crippen molar-refractivity contribution in [2.75, 3.05) is 6.61 Å². The zero-order chi connectivity index (χ0) is 7.72. The van der Waals surface area contributed by atoms with Gasteiger partial charge in [0.1, 0.15) is 6.10 Å². The summed E-state index contributed by atoms with van der Waals surface area (Å²) in [5, 5.41) is 17.4. The van der Waals surface area contributed by atoms with E-state index >= 15 is 0 Å². The van der Waals surface area contributed by atoms with Gasteiger partial charge < -0.3 is 20.7 Å². The summed E-state index contributed by atoms with van der Waals surface area (Å²) in [6.45, 7) is 0.109. The van der Waals surface area contributed by atoms with Gasteiger partial charge in [-0.25, -0.2) is 4.79 Å². The van der Waals surface area contributed by atoms with Gasteiger partial charge in [0.25, 0.3) is 0 Å². The molecule has 0 aromatic heterocycles. The Hall–Kier alpha value is -0.650. The summed E-state index contributed by atoms with van der Waals surface area (Å²) >= 11 is 0. The summed E-state index contributed by atoms with van der Waals surface area (Å²) in [5.41, 5.74) is 5.27. The lowest BCUT2D eigenvalue weighted by molar-refractivity contribution is -0.151. The number of aliphatic carboxylic acids is 1. The van der Waals surface area contributed by atoms with Gasteiger partial charge in [0.15, 0.2) is 6.10 Å². The molecular weight excluding hydrogens is 138 g/mol. The molecule has 0 radical (unpaired) electrons. The van der Waals surface area contributed by atoms with Crippen molar-refractivity contribution in [2.45, 2.75) is 18.2 Å². The first-order chi connectivity index (χ1) is 4.63. The van der Waals surface area contributed by atoms with Crippen LogP contribution in [-0.2, 0) is 9.53 Å². The van der Waals surface area contributed by atoms with E-state index in [4.69, 9.17) is 15.9 Å². The number of aliphatic hydroxyl groups is 1. The van der Waals surface area contributed by atoms with Crippen LogP contribution >= 0.6 is 0 Å². The molecule has 1 heterocycles. The summed E-state index contributed by atoms with van der Waals surface area (Å²) in [5.74, 6) is -1.17. The fourth-order valence-electron chi connectivity index (χ4n) is 0.854. The Morgan fingerprint density at radius 3 is 2.50 bits per heavy atom. The number of ether oxygens (including phenoxy) is 1. The third-order valence-electron chi connectivity index (χ3n) is 1.46. The first kappa shape index (κ1) is 7.46. The average molecular weight is 147 g/mol. The van der Waals surface area contributed by atoms with Crippen LogP contribution in [0, 0.1) is 0 Å². The summed E-state index contributed by atoms with van der Waals surface area (Å²) in [4.78, 5) is 10.2. The number of rotatable bonds is 1. The Balaban J connectivity index is 2.57. The summed E-state index contributed by atoms with van der Waals surface area (Å²) in [7, 11) is 0. The lowest BCUT2D eigenvalue weighted by Gasteiger charge is -2.09. The third kappa shape index (κ3) is 1.11. The van der Waals surface area contributed by atoms with Gasteiger partial charge in [-0.05, 0) is 0 Å². The number of carboxylic acid groups (broad SMARTS) is 1. The quantitative estimate of drug-likeness (QED) is 0.405. The molecule has 0 aromatic carbocycles. The van der Waals surface area contributed by atoms with Gasteiger partial charge in [-0.1, -0.05) is 0 Å². The van der Waals surface area contributed by atoms with Gasteiger partial charge in [-0.3, -0.25) is 0 Å². The molecule has 0 aromatic rings. The molecule has 0 amide bonds. The Kier molecular flexibility index (Phi) is 1.89. The maximum absolute atomic E-state index is 10.2. The van der Waals surface area contributed by atoms with E-state index in [9.17, 15) is 4.79 Å². The van der Waals surface area contributed by atoms with Crippen molar-refractivity contribution in [1.82, 2.24) is 0 Å². The minimum Gasteiger partial charge on any atom is -0.479 e. The van der Waals surface area contributed by atoms with E-state index in [0.717, 1.165) is 0 Å². The number of carbonyl (C=O) groups is 1. The van der Waals surface area contributed by atoms with Gasteiger partial charge in [0.2, 0.25) is 0 Å². The molecule has 0 aliphatic carbocycles. The molecule has 5 heteroatoms. The zero-order valence-electron chi connectivity index (χ0n) is 5.23. The molecule has 0 spiro atoms. The Bertz CT molecular complexity index is 149. The monoisotopic (exact) mass is 147 g/mol. The standard InChI is InChI=1S/C5H9NO4/c6-2-1-10-4(3(2)7)5(8)9/h2-4,7H,1,6H2,(H,8,9). The highest BCUT2D eigenvalue weighted by Gasteiger charge is 2.38. The molecule has 1 aliphatic rings. The SMILES string of the molecule is NC1COC(C(=O)O)C1O. The zero-order valence-corrected chi connectivity index (χ0v) is 5.23. The summed E-state index contributed by atoms with van der Waals surface area (Å²) in [6.07, 6.45) is -2.22. The van der Waals surface area contributed by atoms with Crippen molar-refractivity contribution >= 4 is 5.97 Å². The van der Waals surface area contributed by atoms with Crippen LogP contribution in [0.3, 0.4) is 0 Å². The second kappa shape index (κ2) is 2.53. The van der Waals surface area contributed by atoms with E-state index in [-0.39, 0.29) is 6.61 Å². The minimum atomic E-state index is -1.17. The van der Waals surface area contributed by atoms with Crippen molar-refractivity contribution < 1.29 is 19.7 Å². The fourth-order valence-corrected chi connectivity index (χ4v) is 0.854. The molecule has 0 saturated carbocycles. The van der Waals surface area contributed by atoms with E-state index in [1.165, 1.54) is 0 Å². The van der Waals surface area contributed by atoms with Crippen molar-refractivity contribution in [3.05, 3.63) is 0 Å². The second-order valence-corrected chi connectivity index (χ2v) is 2.25. The lowest BCUT2D eigenvalue weighted by Crippen LogP contribution is -2.39. The molecule has 1 fully saturated rings.